The monoisotopic (exact) mass is 339 g/mol. The molecule has 0 radical (unpaired) electrons. The van der Waals surface area contributed by atoms with Gasteiger partial charge in [-0.3, -0.25) is 0 Å². The molecule has 0 unspecified atom stereocenters. The molecule has 25 heavy (non-hydrogen) atoms. The summed E-state index contributed by atoms with van der Waals surface area (Å²) < 4.78 is 0. The van der Waals surface area contributed by atoms with Crippen LogP contribution in [0.15, 0.2) is 24.3 Å². The third kappa shape index (κ3) is 5.50. The van der Waals surface area contributed by atoms with Crippen LogP contribution in [0.3, 0.4) is 0 Å². The highest BCUT2D eigenvalue weighted by atomic mass is 15.0. The minimum atomic E-state index is 0.938. The van der Waals surface area contributed by atoms with Gasteiger partial charge in [0.2, 0.25) is 0 Å². The van der Waals surface area contributed by atoms with Gasteiger partial charge in [0, 0.05) is 37.6 Å². The summed E-state index contributed by atoms with van der Waals surface area (Å²) in [6, 6.07) is 8.94. The van der Waals surface area contributed by atoms with E-state index >= 15 is 0 Å². The lowest BCUT2D eigenvalue weighted by molar-refractivity contribution is 0.718. The van der Waals surface area contributed by atoms with Crippen molar-refractivity contribution in [2.24, 2.45) is 0 Å². The zero-order valence-corrected chi connectivity index (χ0v) is 16.6. The van der Waals surface area contributed by atoms with E-state index in [0.29, 0.717) is 0 Å². The maximum atomic E-state index is 3.56. The predicted molar refractivity (Wildman–Crippen MR) is 111 cm³/mol. The number of nitrogens with one attached hydrogen (secondary N) is 3. The largest absolute Gasteiger partial charge is 0.383 e. The van der Waals surface area contributed by atoms with Crippen LogP contribution >= 0.6 is 0 Å². The fraction of sp³-hybridized carbons (Fsp3) is 0.455. The van der Waals surface area contributed by atoms with E-state index in [2.05, 4.69) is 81.8 Å². The number of benzene rings is 2. The van der Waals surface area contributed by atoms with Gasteiger partial charge in [-0.05, 0) is 63.8 Å². The number of hydrogen-bond acceptors (Lipinski definition) is 3. The molecule has 0 bridgehead atoms. The molecule has 2 rings (SSSR count). The van der Waals surface area contributed by atoms with Gasteiger partial charge in [0.1, 0.15) is 0 Å². The lowest BCUT2D eigenvalue weighted by Crippen LogP contribution is -2.27. The summed E-state index contributed by atoms with van der Waals surface area (Å²) in [5.74, 6) is 0. The Kier molecular flexibility index (Phi) is 6.89. The van der Waals surface area contributed by atoms with E-state index < -0.39 is 0 Å². The van der Waals surface area contributed by atoms with Gasteiger partial charge in [-0.1, -0.05) is 35.4 Å². The molecule has 0 atom stereocenters. The van der Waals surface area contributed by atoms with Crippen LogP contribution in [0.2, 0.25) is 0 Å². The first kappa shape index (κ1) is 19.3. The van der Waals surface area contributed by atoms with Crippen LogP contribution in [0.5, 0.6) is 0 Å². The van der Waals surface area contributed by atoms with Crippen molar-refractivity contribution in [3.8, 4) is 0 Å². The van der Waals surface area contributed by atoms with Crippen molar-refractivity contribution in [2.75, 3.05) is 36.8 Å². The summed E-state index contributed by atoms with van der Waals surface area (Å²) in [7, 11) is 0. The van der Waals surface area contributed by atoms with E-state index in [4.69, 9.17) is 0 Å². The van der Waals surface area contributed by atoms with Gasteiger partial charge < -0.3 is 16.0 Å². The third-order valence-electron chi connectivity index (χ3n) is 4.56. The molecular weight excluding hydrogens is 306 g/mol. The highest BCUT2D eigenvalue weighted by Gasteiger charge is 2.04. The molecule has 0 fully saturated rings. The van der Waals surface area contributed by atoms with E-state index in [-0.39, 0.29) is 0 Å². The van der Waals surface area contributed by atoms with Gasteiger partial charge in [-0.15, -0.1) is 0 Å². The first-order chi connectivity index (χ1) is 11.9. The Morgan fingerprint density at radius 2 is 0.840 bits per heavy atom. The molecular formula is C22H33N3. The number of aryl methyl sites for hydroxylation is 6. The van der Waals surface area contributed by atoms with Crippen LogP contribution in [0.25, 0.3) is 0 Å². The highest BCUT2D eigenvalue weighted by Crippen LogP contribution is 2.22. The van der Waals surface area contributed by atoms with Crippen molar-refractivity contribution in [1.29, 1.82) is 0 Å². The number of rotatable bonds is 8. The van der Waals surface area contributed by atoms with Gasteiger partial charge >= 0.3 is 0 Å². The van der Waals surface area contributed by atoms with Gasteiger partial charge in [0.25, 0.3) is 0 Å². The van der Waals surface area contributed by atoms with Crippen molar-refractivity contribution in [3.63, 3.8) is 0 Å². The molecule has 3 heteroatoms. The summed E-state index contributed by atoms with van der Waals surface area (Å²) in [6.07, 6.45) is 0. The molecule has 0 aliphatic rings. The number of hydrogen-bond donors (Lipinski definition) is 3. The Bertz CT molecular complexity index is 612. The quantitative estimate of drug-likeness (QED) is 0.613. The first-order valence-corrected chi connectivity index (χ1v) is 9.22. The van der Waals surface area contributed by atoms with Crippen LogP contribution < -0.4 is 16.0 Å². The minimum absolute atomic E-state index is 0.938. The van der Waals surface area contributed by atoms with Gasteiger partial charge in [-0.25, -0.2) is 0 Å². The summed E-state index contributed by atoms with van der Waals surface area (Å²) in [5, 5.41) is 10.6. The van der Waals surface area contributed by atoms with Crippen molar-refractivity contribution < 1.29 is 0 Å². The smallest absolute Gasteiger partial charge is 0.0400 e. The molecule has 136 valence electrons. The molecule has 2 aromatic rings. The second-order valence-electron chi connectivity index (χ2n) is 7.15. The van der Waals surface area contributed by atoms with E-state index in [0.717, 1.165) is 26.2 Å². The summed E-state index contributed by atoms with van der Waals surface area (Å²) in [6.45, 7) is 16.8. The Labute approximate surface area is 153 Å². The zero-order valence-electron chi connectivity index (χ0n) is 16.6. The molecule has 0 saturated heterocycles. The van der Waals surface area contributed by atoms with Crippen LogP contribution in [-0.4, -0.2) is 26.2 Å². The topological polar surface area (TPSA) is 36.1 Å². The molecule has 3 nitrogen and oxygen atoms in total. The van der Waals surface area contributed by atoms with Crippen LogP contribution in [-0.2, 0) is 0 Å². The molecule has 2 aromatic carbocycles. The lowest BCUT2D eigenvalue weighted by Gasteiger charge is -2.15. The first-order valence-electron chi connectivity index (χ1n) is 9.22. The normalized spacial score (nSPS) is 10.8. The second-order valence-corrected chi connectivity index (χ2v) is 7.15. The lowest BCUT2D eigenvalue weighted by atomic mass is 10.1. The van der Waals surface area contributed by atoms with Crippen molar-refractivity contribution in [1.82, 2.24) is 5.32 Å². The summed E-state index contributed by atoms with van der Waals surface area (Å²) in [4.78, 5) is 0. The molecule has 0 aromatic heterocycles. The Morgan fingerprint density at radius 1 is 0.520 bits per heavy atom. The fourth-order valence-electron chi connectivity index (χ4n) is 3.59. The average molecular weight is 340 g/mol. The van der Waals surface area contributed by atoms with E-state index in [9.17, 15) is 0 Å². The van der Waals surface area contributed by atoms with Crippen LogP contribution in [0.1, 0.15) is 33.4 Å². The predicted octanol–water partition coefficient (Wildman–Crippen LogP) is 4.65. The molecule has 0 saturated carbocycles. The Hall–Kier alpha value is -2.00. The Balaban J connectivity index is 1.69. The zero-order chi connectivity index (χ0) is 18.4. The Morgan fingerprint density at radius 3 is 1.16 bits per heavy atom. The highest BCUT2D eigenvalue weighted by molar-refractivity contribution is 5.59. The van der Waals surface area contributed by atoms with Crippen molar-refractivity contribution >= 4 is 11.4 Å². The summed E-state index contributed by atoms with van der Waals surface area (Å²) >= 11 is 0. The molecule has 0 aliphatic heterocycles. The maximum Gasteiger partial charge on any atom is 0.0400 e. The van der Waals surface area contributed by atoms with Gasteiger partial charge in [-0.2, -0.15) is 0 Å². The summed E-state index contributed by atoms with van der Waals surface area (Å²) in [5.41, 5.74) is 10.5. The molecule has 3 N–H and O–H groups in total. The van der Waals surface area contributed by atoms with Crippen LogP contribution in [0, 0.1) is 41.5 Å². The average Bonchev–Trinajstić information content (AvgIpc) is 2.50. The molecule has 0 aliphatic carbocycles. The van der Waals surface area contributed by atoms with Gasteiger partial charge in [0.05, 0.1) is 0 Å². The molecule has 0 amide bonds. The number of anilines is 2. The SMILES string of the molecule is Cc1cc(C)c(NCCNCCNc2c(C)cc(C)cc2C)c(C)c1. The maximum absolute atomic E-state index is 3.56. The van der Waals surface area contributed by atoms with Crippen LogP contribution in [0.4, 0.5) is 11.4 Å². The third-order valence-corrected chi connectivity index (χ3v) is 4.56. The van der Waals surface area contributed by atoms with E-state index in [1.807, 2.05) is 0 Å². The second kappa shape index (κ2) is 8.91. The van der Waals surface area contributed by atoms with Crippen molar-refractivity contribution in [2.45, 2.75) is 41.5 Å². The van der Waals surface area contributed by atoms with E-state index in [1.54, 1.807) is 0 Å². The standard InChI is InChI=1S/C22H33N3/c1-15-11-17(3)21(18(4)12-15)24-9-7-23-8-10-25-22-19(5)13-16(2)14-20(22)6/h11-14,23-25H,7-10H2,1-6H3. The fourth-order valence-corrected chi connectivity index (χ4v) is 3.59. The van der Waals surface area contributed by atoms with Crippen molar-refractivity contribution in [3.05, 3.63) is 57.6 Å². The van der Waals surface area contributed by atoms with E-state index in [1.165, 1.54) is 44.8 Å². The molecule has 0 heterocycles. The molecule has 0 spiro atoms. The minimum Gasteiger partial charge on any atom is -0.383 e. The van der Waals surface area contributed by atoms with Gasteiger partial charge in [0.15, 0.2) is 0 Å².